The standard InChI is InChI=1S/C15H19F3N2O3/c1-9(2)14(22)19-11-5-4-10(3)12(6-11)20-13(21)7-23-8-15(16,17)18/h4-6,9H,7-8H2,1-3H3,(H,19,22)(H,20,21). The lowest BCUT2D eigenvalue weighted by Crippen LogP contribution is -2.24. The summed E-state index contributed by atoms with van der Waals surface area (Å²) in [5.41, 5.74) is 1.59. The van der Waals surface area contributed by atoms with Crippen molar-refractivity contribution in [3.8, 4) is 0 Å². The summed E-state index contributed by atoms with van der Waals surface area (Å²) in [7, 11) is 0. The summed E-state index contributed by atoms with van der Waals surface area (Å²) in [4.78, 5) is 23.2. The van der Waals surface area contributed by atoms with E-state index in [1.54, 1.807) is 32.9 Å². The highest BCUT2D eigenvalue weighted by atomic mass is 19.4. The number of ether oxygens (including phenoxy) is 1. The molecule has 0 radical (unpaired) electrons. The Balaban J connectivity index is 2.65. The number of hydrogen-bond donors (Lipinski definition) is 2. The minimum atomic E-state index is -4.47. The second-order valence-corrected chi connectivity index (χ2v) is 5.33. The van der Waals surface area contributed by atoms with Gasteiger partial charge in [-0.1, -0.05) is 19.9 Å². The van der Waals surface area contributed by atoms with E-state index in [0.717, 1.165) is 0 Å². The molecule has 0 bridgehead atoms. The fraction of sp³-hybridized carbons (Fsp3) is 0.467. The Morgan fingerprint density at radius 3 is 2.43 bits per heavy atom. The highest BCUT2D eigenvalue weighted by Crippen LogP contribution is 2.21. The Morgan fingerprint density at radius 2 is 1.87 bits per heavy atom. The predicted octanol–water partition coefficient (Wildman–Crippen LogP) is 3.11. The van der Waals surface area contributed by atoms with E-state index >= 15 is 0 Å². The summed E-state index contributed by atoms with van der Waals surface area (Å²) in [5, 5.41) is 5.13. The van der Waals surface area contributed by atoms with Crippen molar-refractivity contribution in [2.75, 3.05) is 23.8 Å². The van der Waals surface area contributed by atoms with E-state index in [0.29, 0.717) is 16.9 Å². The van der Waals surface area contributed by atoms with E-state index in [1.807, 2.05) is 0 Å². The summed E-state index contributed by atoms with van der Waals surface area (Å²) in [5.74, 6) is -1.09. The van der Waals surface area contributed by atoms with Crippen molar-refractivity contribution in [1.82, 2.24) is 0 Å². The van der Waals surface area contributed by atoms with Crippen LogP contribution in [0, 0.1) is 12.8 Å². The smallest absolute Gasteiger partial charge is 0.362 e. The summed E-state index contributed by atoms with van der Waals surface area (Å²) in [6.45, 7) is 3.01. The minimum absolute atomic E-state index is 0.181. The molecule has 128 valence electrons. The van der Waals surface area contributed by atoms with E-state index in [1.165, 1.54) is 6.07 Å². The van der Waals surface area contributed by atoms with Crippen LogP contribution in [0.15, 0.2) is 18.2 Å². The van der Waals surface area contributed by atoms with Crippen molar-refractivity contribution in [1.29, 1.82) is 0 Å². The van der Waals surface area contributed by atoms with Gasteiger partial charge in [-0.25, -0.2) is 0 Å². The summed E-state index contributed by atoms with van der Waals surface area (Å²) < 4.78 is 40.1. The molecule has 0 aliphatic carbocycles. The van der Waals surface area contributed by atoms with Crippen LogP contribution >= 0.6 is 0 Å². The lowest BCUT2D eigenvalue weighted by molar-refractivity contribution is -0.174. The van der Waals surface area contributed by atoms with E-state index in [4.69, 9.17) is 0 Å². The molecule has 1 aromatic rings. The summed E-state index contributed by atoms with van der Waals surface area (Å²) in [6, 6.07) is 4.89. The molecule has 2 amide bonds. The van der Waals surface area contributed by atoms with E-state index in [2.05, 4.69) is 15.4 Å². The van der Waals surface area contributed by atoms with Crippen molar-refractivity contribution in [3.05, 3.63) is 23.8 Å². The molecule has 1 rings (SSSR count). The third-order valence-corrected chi connectivity index (χ3v) is 2.80. The van der Waals surface area contributed by atoms with Gasteiger partial charge in [0.2, 0.25) is 11.8 Å². The molecule has 23 heavy (non-hydrogen) atoms. The first kappa shape index (κ1) is 19.0. The molecular formula is C15H19F3N2O3. The van der Waals surface area contributed by atoms with Gasteiger partial charge in [0.15, 0.2) is 0 Å². The molecule has 1 aromatic carbocycles. The van der Waals surface area contributed by atoms with Crippen LogP contribution in [0.4, 0.5) is 24.5 Å². The summed E-state index contributed by atoms with van der Waals surface area (Å²) in [6.07, 6.45) is -4.47. The molecule has 0 saturated heterocycles. The molecule has 0 aromatic heterocycles. The zero-order valence-electron chi connectivity index (χ0n) is 13.1. The first-order valence-electron chi connectivity index (χ1n) is 6.94. The van der Waals surface area contributed by atoms with E-state index in [9.17, 15) is 22.8 Å². The zero-order chi connectivity index (χ0) is 17.6. The maximum Gasteiger partial charge on any atom is 0.411 e. The van der Waals surface area contributed by atoms with Crippen LogP contribution in [-0.4, -0.2) is 31.2 Å². The fourth-order valence-electron chi connectivity index (χ4n) is 1.57. The van der Waals surface area contributed by atoms with Crippen LogP contribution in [0.25, 0.3) is 0 Å². The number of hydrogen-bond acceptors (Lipinski definition) is 3. The topological polar surface area (TPSA) is 67.4 Å². The van der Waals surface area contributed by atoms with Crippen LogP contribution in [0.1, 0.15) is 19.4 Å². The molecule has 0 spiro atoms. The van der Waals surface area contributed by atoms with E-state index in [-0.39, 0.29) is 11.8 Å². The molecule has 0 unspecified atom stereocenters. The number of halogens is 3. The molecule has 5 nitrogen and oxygen atoms in total. The SMILES string of the molecule is Cc1ccc(NC(=O)C(C)C)cc1NC(=O)COCC(F)(F)F. The van der Waals surface area contributed by atoms with Gasteiger partial charge in [0.25, 0.3) is 0 Å². The number of rotatable bonds is 6. The maximum atomic E-state index is 11.9. The third kappa shape index (κ3) is 7.14. The molecule has 0 aliphatic rings. The molecule has 8 heteroatoms. The van der Waals surface area contributed by atoms with Gasteiger partial charge in [-0.3, -0.25) is 9.59 Å². The Hall–Kier alpha value is -2.09. The Labute approximate surface area is 132 Å². The first-order valence-corrected chi connectivity index (χ1v) is 6.94. The minimum Gasteiger partial charge on any atom is -0.362 e. The van der Waals surface area contributed by atoms with Crippen LogP contribution in [0.2, 0.25) is 0 Å². The molecule has 0 aliphatic heterocycles. The average molecular weight is 332 g/mol. The van der Waals surface area contributed by atoms with Gasteiger partial charge in [0.05, 0.1) is 0 Å². The lowest BCUT2D eigenvalue weighted by atomic mass is 10.1. The van der Waals surface area contributed by atoms with Crippen LogP contribution < -0.4 is 10.6 Å². The fourth-order valence-corrected chi connectivity index (χ4v) is 1.57. The third-order valence-electron chi connectivity index (χ3n) is 2.80. The Morgan fingerprint density at radius 1 is 1.22 bits per heavy atom. The molecule has 0 heterocycles. The number of carbonyl (C=O) groups is 2. The van der Waals surface area contributed by atoms with Crippen LogP contribution in [-0.2, 0) is 14.3 Å². The molecule has 0 fully saturated rings. The molecule has 0 saturated carbocycles. The molecular weight excluding hydrogens is 313 g/mol. The van der Waals surface area contributed by atoms with Gasteiger partial charge in [0.1, 0.15) is 13.2 Å². The van der Waals surface area contributed by atoms with Crippen molar-refractivity contribution in [3.63, 3.8) is 0 Å². The predicted molar refractivity (Wildman–Crippen MR) is 80.2 cm³/mol. The number of benzene rings is 1. The number of aryl methyl sites for hydroxylation is 1. The van der Waals surface area contributed by atoms with Gasteiger partial charge < -0.3 is 15.4 Å². The van der Waals surface area contributed by atoms with Crippen molar-refractivity contribution >= 4 is 23.2 Å². The average Bonchev–Trinajstić information content (AvgIpc) is 2.40. The van der Waals surface area contributed by atoms with Gasteiger partial charge in [-0.2, -0.15) is 13.2 Å². The Kier molecular flexibility index (Phi) is 6.56. The monoisotopic (exact) mass is 332 g/mol. The quantitative estimate of drug-likeness (QED) is 0.841. The van der Waals surface area contributed by atoms with Crippen LogP contribution in [0.5, 0.6) is 0 Å². The highest BCUT2D eigenvalue weighted by molar-refractivity contribution is 5.95. The van der Waals surface area contributed by atoms with Gasteiger partial charge in [-0.05, 0) is 24.6 Å². The van der Waals surface area contributed by atoms with Crippen LogP contribution in [0.3, 0.4) is 0 Å². The van der Waals surface area contributed by atoms with Crippen molar-refractivity contribution in [2.45, 2.75) is 26.9 Å². The number of alkyl halides is 3. The molecule has 2 N–H and O–H groups in total. The van der Waals surface area contributed by atoms with Gasteiger partial charge in [0, 0.05) is 17.3 Å². The van der Waals surface area contributed by atoms with Crippen molar-refractivity contribution < 1.29 is 27.5 Å². The first-order chi connectivity index (χ1) is 10.6. The normalized spacial score (nSPS) is 11.4. The number of carbonyl (C=O) groups excluding carboxylic acids is 2. The second-order valence-electron chi connectivity index (χ2n) is 5.33. The maximum absolute atomic E-state index is 11.9. The Bertz CT molecular complexity index is 572. The second kappa shape index (κ2) is 7.96. The van der Waals surface area contributed by atoms with Gasteiger partial charge >= 0.3 is 6.18 Å². The zero-order valence-corrected chi connectivity index (χ0v) is 13.1. The van der Waals surface area contributed by atoms with Crippen molar-refractivity contribution in [2.24, 2.45) is 5.92 Å². The number of nitrogens with one attached hydrogen (secondary N) is 2. The highest BCUT2D eigenvalue weighted by Gasteiger charge is 2.27. The summed E-state index contributed by atoms with van der Waals surface area (Å²) >= 11 is 0. The lowest BCUT2D eigenvalue weighted by Gasteiger charge is -2.13. The van der Waals surface area contributed by atoms with E-state index < -0.39 is 25.3 Å². The largest absolute Gasteiger partial charge is 0.411 e. The molecule has 0 atom stereocenters. The number of amides is 2. The van der Waals surface area contributed by atoms with Gasteiger partial charge in [-0.15, -0.1) is 0 Å². The number of anilines is 2.